The van der Waals surface area contributed by atoms with Gasteiger partial charge in [-0.05, 0) is 48.1 Å². The van der Waals surface area contributed by atoms with E-state index in [-0.39, 0.29) is 0 Å². The van der Waals surface area contributed by atoms with E-state index in [0.29, 0.717) is 23.1 Å². The number of benzene rings is 1. The molecule has 6 heteroatoms. The summed E-state index contributed by atoms with van der Waals surface area (Å²) in [6.45, 7) is 6.09. The molecular formula is C16H18N2O3S. The molecule has 0 unspecified atom stereocenters. The van der Waals surface area contributed by atoms with E-state index in [4.69, 9.17) is 9.47 Å². The number of hydrogen-bond donors (Lipinski definition) is 0. The summed E-state index contributed by atoms with van der Waals surface area (Å²) >= 11 is 1.04. The summed E-state index contributed by atoms with van der Waals surface area (Å²) in [6.07, 6.45) is 2.59. The lowest BCUT2D eigenvalue weighted by Crippen LogP contribution is -2.08. The molecule has 1 aromatic carbocycles. The molecule has 0 saturated heterocycles. The number of aromatic nitrogens is 2. The molecule has 0 fully saturated rings. The van der Waals surface area contributed by atoms with Crippen molar-refractivity contribution in [2.24, 2.45) is 5.92 Å². The van der Waals surface area contributed by atoms with Crippen molar-refractivity contribution < 1.29 is 14.3 Å². The van der Waals surface area contributed by atoms with Crippen molar-refractivity contribution in [3.8, 4) is 17.0 Å². The van der Waals surface area contributed by atoms with Gasteiger partial charge in [-0.2, -0.15) is 0 Å². The first kappa shape index (κ1) is 16.2. The molecule has 5 nitrogen and oxygen atoms in total. The van der Waals surface area contributed by atoms with Gasteiger partial charge in [0.15, 0.2) is 4.88 Å². The molecule has 0 radical (unpaired) electrons. The van der Waals surface area contributed by atoms with Crippen molar-refractivity contribution >= 4 is 17.5 Å². The van der Waals surface area contributed by atoms with Crippen LogP contribution in [0.15, 0.2) is 36.9 Å². The van der Waals surface area contributed by atoms with Gasteiger partial charge in [-0.3, -0.25) is 0 Å². The first-order chi connectivity index (χ1) is 10.7. The first-order valence-corrected chi connectivity index (χ1v) is 7.69. The van der Waals surface area contributed by atoms with E-state index in [9.17, 15) is 4.79 Å². The fraction of sp³-hybridized carbons (Fsp3) is 0.312. The van der Waals surface area contributed by atoms with E-state index in [2.05, 4.69) is 16.2 Å². The van der Waals surface area contributed by atoms with Gasteiger partial charge in [0.05, 0.1) is 13.7 Å². The zero-order valence-electron chi connectivity index (χ0n) is 12.6. The second kappa shape index (κ2) is 7.70. The molecule has 0 N–H and O–H groups in total. The summed E-state index contributed by atoms with van der Waals surface area (Å²) in [5.41, 5.74) is 1.34. The van der Waals surface area contributed by atoms with Crippen LogP contribution in [-0.4, -0.2) is 29.3 Å². The fourth-order valence-corrected chi connectivity index (χ4v) is 2.37. The van der Waals surface area contributed by atoms with Crippen LogP contribution in [0.1, 0.15) is 23.0 Å². The number of nitrogens with zero attached hydrogens (tertiary/aromatic N) is 2. The van der Waals surface area contributed by atoms with Crippen molar-refractivity contribution in [3.63, 3.8) is 0 Å². The number of hydrogen-bond acceptors (Lipinski definition) is 6. The van der Waals surface area contributed by atoms with Gasteiger partial charge in [0.25, 0.3) is 0 Å². The Morgan fingerprint density at radius 2 is 2.14 bits per heavy atom. The van der Waals surface area contributed by atoms with E-state index in [1.807, 2.05) is 37.3 Å². The summed E-state index contributed by atoms with van der Waals surface area (Å²) in [6, 6.07) is 7.31. The van der Waals surface area contributed by atoms with Crippen LogP contribution in [0.4, 0.5) is 0 Å². The minimum Gasteiger partial charge on any atom is -0.497 e. The normalized spacial score (nSPS) is 11.7. The third-order valence-corrected chi connectivity index (χ3v) is 3.95. The molecule has 1 atom stereocenters. The van der Waals surface area contributed by atoms with Crippen molar-refractivity contribution in [1.82, 2.24) is 9.59 Å². The monoisotopic (exact) mass is 318 g/mol. The predicted octanol–water partition coefficient (Wildman–Crippen LogP) is 3.58. The lowest BCUT2D eigenvalue weighted by molar-refractivity contribution is 0.0498. The minimum atomic E-state index is -0.392. The van der Waals surface area contributed by atoms with E-state index in [1.54, 1.807) is 7.11 Å². The van der Waals surface area contributed by atoms with Gasteiger partial charge >= 0.3 is 5.97 Å². The first-order valence-electron chi connectivity index (χ1n) is 6.92. The van der Waals surface area contributed by atoms with Gasteiger partial charge in [-0.15, -0.1) is 11.7 Å². The molecular weight excluding hydrogens is 300 g/mol. The van der Waals surface area contributed by atoms with Crippen LogP contribution >= 0.6 is 11.5 Å². The van der Waals surface area contributed by atoms with E-state index >= 15 is 0 Å². The lowest BCUT2D eigenvalue weighted by atomic mass is 10.1. The average molecular weight is 318 g/mol. The summed E-state index contributed by atoms with van der Waals surface area (Å²) in [5, 5.41) is 4.03. The number of ether oxygens (including phenoxy) is 2. The Kier molecular flexibility index (Phi) is 5.66. The maximum Gasteiger partial charge on any atom is 0.352 e. The number of allylic oxidation sites excluding steroid dienone is 1. The molecule has 0 aliphatic carbocycles. The van der Waals surface area contributed by atoms with Crippen molar-refractivity contribution in [2.45, 2.75) is 13.3 Å². The van der Waals surface area contributed by atoms with Gasteiger partial charge in [-0.1, -0.05) is 17.5 Å². The third kappa shape index (κ3) is 3.92. The number of esters is 1. The van der Waals surface area contributed by atoms with Crippen LogP contribution in [-0.2, 0) is 4.74 Å². The van der Waals surface area contributed by atoms with E-state index < -0.39 is 5.97 Å². The van der Waals surface area contributed by atoms with Gasteiger partial charge in [0.1, 0.15) is 11.4 Å². The summed E-state index contributed by atoms with van der Waals surface area (Å²) in [5.74, 6) is 0.667. The molecule has 116 valence electrons. The Hall–Kier alpha value is -2.21. The third-order valence-electron chi connectivity index (χ3n) is 3.25. The van der Waals surface area contributed by atoms with Crippen LogP contribution in [0, 0.1) is 5.92 Å². The van der Waals surface area contributed by atoms with Crippen LogP contribution in [0.25, 0.3) is 11.3 Å². The Labute approximate surface area is 133 Å². The second-order valence-electron chi connectivity index (χ2n) is 4.82. The quantitative estimate of drug-likeness (QED) is 0.577. The number of methoxy groups -OCH3 is 1. The smallest absolute Gasteiger partial charge is 0.352 e. The standard InChI is InChI=1S/C16H18N2O3S/c1-4-11(2)9-10-21-16(19)15-14(17-18-22-15)12-5-7-13(20-3)8-6-12/h4-8,11H,1,9-10H2,2-3H3/t11-/m1/s1. The highest BCUT2D eigenvalue weighted by Gasteiger charge is 2.19. The number of carbonyl (C=O) groups excluding carboxylic acids is 1. The molecule has 0 amide bonds. The maximum absolute atomic E-state index is 12.2. The van der Waals surface area contributed by atoms with Gasteiger partial charge in [0, 0.05) is 5.56 Å². The SMILES string of the molecule is C=C[C@@H](C)CCOC(=O)c1snnc1-c1ccc(OC)cc1. The molecule has 0 saturated carbocycles. The second-order valence-corrected chi connectivity index (χ2v) is 5.57. The van der Waals surface area contributed by atoms with Crippen LogP contribution < -0.4 is 4.74 Å². The highest BCUT2D eigenvalue weighted by Crippen LogP contribution is 2.26. The average Bonchev–Trinajstić information content (AvgIpc) is 3.04. The Bertz CT molecular complexity index is 637. The minimum absolute atomic E-state index is 0.313. The van der Waals surface area contributed by atoms with E-state index in [1.165, 1.54) is 0 Å². The van der Waals surface area contributed by atoms with Crippen LogP contribution in [0.3, 0.4) is 0 Å². The van der Waals surface area contributed by atoms with Crippen molar-refractivity contribution in [3.05, 3.63) is 41.8 Å². The molecule has 22 heavy (non-hydrogen) atoms. The molecule has 1 aromatic heterocycles. The zero-order valence-corrected chi connectivity index (χ0v) is 13.4. The fourth-order valence-electron chi connectivity index (χ4n) is 1.78. The van der Waals surface area contributed by atoms with Crippen molar-refractivity contribution in [2.75, 3.05) is 13.7 Å². The Morgan fingerprint density at radius 3 is 2.77 bits per heavy atom. The zero-order chi connectivity index (χ0) is 15.9. The highest BCUT2D eigenvalue weighted by atomic mass is 32.1. The molecule has 0 bridgehead atoms. The predicted molar refractivity (Wildman–Crippen MR) is 86.2 cm³/mol. The molecule has 0 aliphatic heterocycles. The van der Waals surface area contributed by atoms with Crippen LogP contribution in [0.2, 0.25) is 0 Å². The highest BCUT2D eigenvalue weighted by molar-refractivity contribution is 7.08. The van der Waals surface area contributed by atoms with Gasteiger partial charge < -0.3 is 9.47 Å². The lowest BCUT2D eigenvalue weighted by Gasteiger charge is -2.07. The molecule has 0 aliphatic rings. The maximum atomic E-state index is 12.2. The van der Waals surface area contributed by atoms with Crippen LogP contribution in [0.5, 0.6) is 5.75 Å². The van der Waals surface area contributed by atoms with E-state index in [0.717, 1.165) is 29.3 Å². The summed E-state index contributed by atoms with van der Waals surface area (Å²) in [4.78, 5) is 12.6. The van der Waals surface area contributed by atoms with Gasteiger partial charge in [-0.25, -0.2) is 4.79 Å². The molecule has 0 spiro atoms. The summed E-state index contributed by atoms with van der Waals surface area (Å²) in [7, 11) is 1.60. The summed E-state index contributed by atoms with van der Waals surface area (Å²) < 4.78 is 14.3. The van der Waals surface area contributed by atoms with Gasteiger partial charge in [0.2, 0.25) is 0 Å². The topological polar surface area (TPSA) is 61.3 Å². The largest absolute Gasteiger partial charge is 0.497 e. The molecule has 1 heterocycles. The Balaban J connectivity index is 2.07. The number of carbonyl (C=O) groups is 1. The van der Waals surface area contributed by atoms with Crippen molar-refractivity contribution in [1.29, 1.82) is 0 Å². The number of rotatable bonds is 7. The Morgan fingerprint density at radius 1 is 1.41 bits per heavy atom. The molecule has 2 aromatic rings. The molecule has 2 rings (SSSR count).